The third-order valence-corrected chi connectivity index (χ3v) is 3.77. The van der Waals surface area contributed by atoms with Crippen LogP contribution in [0.15, 0.2) is 71.0 Å². The summed E-state index contributed by atoms with van der Waals surface area (Å²) >= 11 is 0. The summed E-state index contributed by atoms with van der Waals surface area (Å²) in [5, 5.41) is 0. The maximum atomic E-state index is 13.8. The third-order valence-electron chi connectivity index (χ3n) is 3.77. The molecule has 3 aromatic rings. The van der Waals surface area contributed by atoms with Gasteiger partial charge < -0.3 is 13.9 Å². The maximum Gasteiger partial charge on any atom is 0.379 e. The van der Waals surface area contributed by atoms with Gasteiger partial charge in [0.05, 0.1) is 11.8 Å². The largest absolute Gasteiger partial charge is 0.457 e. The summed E-state index contributed by atoms with van der Waals surface area (Å²) in [4.78, 5) is 24.3. The molecular weight excluding hydrogens is 339 g/mol. The number of carbonyl (C=O) groups excluding carboxylic acids is 2. The minimum absolute atomic E-state index is 0.000360. The lowest BCUT2D eigenvalue weighted by Gasteiger charge is -2.04. The van der Waals surface area contributed by atoms with Crippen LogP contribution >= 0.6 is 0 Å². The smallest absolute Gasteiger partial charge is 0.379 e. The van der Waals surface area contributed by atoms with E-state index in [1.807, 2.05) is 0 Å². The molecule has 0 spiro atoms. The van der Waals surface area contributed by atoms with Gasteiger partial charge in [-0.2, -0.15) is 0 Å². The predicted octanol–water partition coefficient (Wildman–Crippen LogP) is 4.25. The van der Waals surface area contributed by atoms with Crippen molar-refractivity contribution in [2.45, 2.75) is 0 Å². The number of ether oxygens (including phenoxy) is 2. The second kappa shape index (κ2) is 6.33. The Morgan fingerprint density at radius 1 is 1.08 bits per heavy atom. The zero-order chi connectivity index (χ0) is 18.1. The van der Waals surface area contributed by atoms with Gasteiger partial charge in [0.1, 0.15) is 17.3 Å². The van der Waals surface area contributed by atoms with Gasteiger partial charge >= 0.3 is 5.97 Å². The highest BCUT2D eigenvalue weighted by atomic mass is 19.1. The molecule has 0 saturated heterocycles. The molecule has 6 heteroatoms. The van der Waals surface area contributed by atoms with Gasteiger partial charge in [-0.05, 0) is 36.4 Å². The van der Waals surface area contributed by atoms with Crippen LogP contribution in [0, 0.1) is 5.82 Å². The number of benzene rings is 2. The number of allylic oxidation sites excluding steroid dienone is 1. The summed E-state index contributed by atoms with van der Waals surface area (Å²) < 4.78 is 29.4. The Kier molecular flexibility index (Phi) is 3.85. The number of hydrogen-bond acceptors (Lipinski definition) is 5. The summed E-state index contributed by atoms with van der Waals surface area (Å²) in [6.45, 7) is 0. The van der Waals surface area contributed by atoms with Crippen molar-refractivity contribution >= 4 is 17.8 Å². The molecule has 1 aliphatic heterocycles. The van der Waals surface area contributed by atoms with Crippen molar-refractivity contribution < 1.29 is 27.9 Å². The fourth-order valence-electron chi connectivity index (χ4n) is 2.52. The Morgan fingerprint density at radius 3 is 2.69 bits per heavy atom. The molecule has 1 aromatic heterocycles. The Balaban J connectivity index is 1.59. The zero-order valence-electron chi connectivity index (χ0n) is 13.3. The molecule has 0 aliphatic carbocycles. The zero-order valence-corrected chi connectivity index (χ0v) is 13.3. The quantitative estimate of drug-likeness (QED) is 0.401. The lowest BCUT2D eigenvalue weighted by molar-refractivity contribution is 0.0701. The topological polar surface area (TPSA) is 65.7 Å². The van der Waals surface area contributed by atoms with E-state index in [1.54, 1.807) is 24.3 Å². The van der Waals surface area contributed by atoms with E-state index in [9.17, 15) is 14.0 Å². The minimum atomic E-state index is -0.665. The van der Waals surface area contributed by atoms with Crippen molar-refractivity contribution in [1.29, 1.82) is 0 Å². The first-order valence-corrected chi connectivity index (χ1v) is 7.70. The van der Waals surface area contributed by atoms with E-state index in [2.05, 4.69) is 0 Å². The van der Waals surface area contributed by atoms with Crippen molar-refractivity contribution in [1.82, 2.24) is 0 Å². The van der Waals surface area contributed by atoms with Crippen LogP contribution in [-0.4, -0.2) is 11.8 Å². The second-order valence-electron chi connectivity index (χ2n) is 5.49. The molecule has 2 heterocycles. The molecule has 0 bridgehead atoms. The molecule has 0 saturated carbocycles. The number of rotatable bonds is 3. The monoisotopic (exact) mass is 350 g/mol. The lowest BCUT2D eigenvalue weighted by atomic mass is 10.1. The molecule has 26 heavy (non-hydrogen) atoms. The van der Waals surface area contributed by atoms with Crippen molar-refractivity contribution in [2.75, 3.05) is 0 Å². The maximum absolute atomic E-state index is 13.8. The predicted molar refractivity (Wildman–Crippen MR) is 89.4 cm³/mol. The molecule has 0 unspecified atom stereocenters. The summed E-state index contributed by atoms with van der Waals surface area (Å²) in [6.07, 6.45) is 2.70. The van der Waals surface area contributed by atoms with Crippen LogP contribution < -0.4 is 9.47 Å². The highest BCUT2D eigenvalue weighted by Gasteiger charge is 2.28. The van der Waals surface area contributed by atoms with Crippen LogP contribution in [0.1, 0.15) is 26.5 Å². The molecule has 128 valence electrons. The lowest BCUT2D eigenvalue weighted by Crippen LogP contribution is -2.07. The number of hydrogen-bond donors (Lipinski definition) is 0. The van der Waals surface area contributed by atoms with Crippen LogP contribution in [0.25, 0.3) is 6.08 Å². The minimum Gasteiger partial charge on any atom is -0.457 e. The second-order valence-corrected chi connectivity index (χ2v) is 5.49. The highest BCUT2D eigenvalue weighted by molar-refractivity contribution is 6.14. The van der Waals surface area contributed by atoms with Crippen LogP contribution in [-0.2, 0) is 0 Å². The van der Waals surface area contributed by atoms with E-state index < -0.39 is 11.8 Å². The number of halogens is 1. The number of esters is 1. The Hall–Kier alpha value is -3.67. The number of carbonyl (C=O) groups is 2. The van der Waals surface area contributed by atoms with E-state index in [1.165, 1.54) is 42.7 Å². The Bertz CT molecular complexity index is 1030. The molecule has 1 aliphatic rings. The molecule has 5 nitrogen and oxygen atoms in total. The van der Waals surface area contributed by atoms with Crippen LogP contribution in [0.3, 0.4) is 0 Å². The van der Waals surface area contributed by atoms with Crippen molar-refractivity contribution in [2.24, 2.45) is 0 Å². The molecule has 0 atom stereocenters. The number of ketones is 1. The summed E-state index contributed by atoms with van der Waals surface area (Å²) in [6, 6.07) is 13.5. The normalized spacial score (nSPS) is 14.2. The van der Waals surface area contributed by atoms with Gasteiger partial charge in [-0.25, -0.2) is 9.18 Å². The SMILES string of the molecule is O=C(Oc1ccc2c(c1)OC(=Cc1ccccc1F)C2=O)c1ccco1. The van der Waals surface area contributed by atoms with Gasteiger partial charge in [-0.1, -0.05) is 18.2 Å². The van der Waals surface area contributed by atoms with E-state index in [-0.39, 0.29) is 34.4 Å². The number of furan rings is 1. The van der Waals surface area contributed by atoms with E-state index in [4.69, 9.17) is 13.9 Å². The molecule has 0 radical (unpaired) electrons. The van der Waals surface area contributed by atoms with Crippen molar-refractivity contribution in [3.05, 3.63) is 89.3 Å². The van der Waals surface area contributed by atoms with Gasteiger partial charge in [0, 0.05) is 11.6 Å². The van der Waals surface area contributed by atoms with Crippen LogP contribution in [0.2, 0.25) is 0 Å². The van der Waals surface area contributed by atoms with E-state index >= 15 is 0 Å². The highest BCUT2D eigenvalue weighted by Crippen LogP contribution is 2.35. The first kappa shape index (κ1) is 15.8. The van der Waals surface area contributed by atoms with Crippen molar-refractivity contribution in [3.8, 4) is 11.5 Å². The van der Waals surface area contributed by atoms with E-state index in [0.29, 0.717) is 5.56 Å². The molecular formula is C20H11FO5. The van der Waals surface area contributed by atoms with Gasteiger partial charge in [0.15, 0.2) is 5.76 Å². The van der Waals surface area contributed by atoms with Gasteiger partial charge in [0.2, 0.25) is 11.5 Å². The van der Waals surface area contributed by atoms with Crippen LogP contribution in [0.5, 0.6) is 11.5 Å². The summed E-state index contributed by atoms with van der Waals surface area (Å²) in [7, 11) is 0. The molecule has 4 rings (SSSR count). The van der Waals surface area contributed by atoms with Crippen LogP contribution in [0.4, 0.5) is 4.39 Å². The fraction of sp³-hybridized carbons (Fsp3) is 0. The standard InChI is InChI=1S/C20H11FO5/c21-15-5-2-1-4-12(15)10-18-19(22)14-8-7-13(11-17(14)26-18)25-20(23)16-6-3-9-24-16/h1-11H. The van der Waals surface area contributed by atoms with Crippen molar-refractivity contribution in [3.63, 3.8) is 0 Å². The van der Waals surface area contributed by atoms with Gasteiger partial charge in [0.25, 0.3) is 0 Å². The summed E-state index contributed by atoms with van der Waals surface area (Å²) in [5.41, 5.74) is 0.554. The molecule has 0 fully saturated rings. The van der Waals surface area contributed by atoms with Gasteiger partial charge in [-0.3, -0.25) is 4.79 Å². The fourth-order valence-corrected chi connectivity index (χ4v) is 2.52. The Morgan fingerprint density at radius 2 is 1.92 bits per heavy atom. The number of Topliss-reactive ketones (excluding diaryl/α,β-unsaturated/α-hetero) is 1. The molecule has 0 N–H and O–H groups in total. The molecule has 2 aromatic carbocycles. The summed E-state index contributed by atoms with van der Waals surface area (Å²) in [5.74, 6) is -0.997. The number of fused-ring (bicyclic) bond motifs is 1. The van der Waals surface area contributed by atoms with Gasteiger partial charge in [-0.15, -0.1) is 0 Å². The molecule has 0 amide bonds. The first-order valence-electron chi connectivity index (χ1n) is 7.70. The van der Waals surface area contributed by atoms with E-state index in [0.717, 1.165) is 0 Å². The Labute approximate surface area is 147 Å². The third kappa shape index (κ3) is 2.88. The average Bonchev–Trinajstić information content (AvgIpc) is 3.26. The first-order chi connectivity index (χ1) is 12.6. The average molecular weight is 350 g/mol.